The summed E-state index contributed by atoms with van der Waals surface area (Å²) in [6, 6.07) is 11.4. The number of aliphatic hydroxyl groups is 1. The summed E-state index contributed by atoms with van der Waals surface area (Å²) in [4.78, 5) is 29.3. The second-order valence-corrected chi connectivity index (χ2v) is 7.97. The zero-order valence-corrected chi connectivity index (χ0v) is 18.2. The maximum absolute atomic E-state index is 13.0. The van der Waals surface area contributed by atoms with Gasteiger partial charge in [0, 0.05) is 23.7 Å². The van der Waals surface area contributed by atoms with Crippen LogP contribution in [0, 0.1) is 6.92 Å². The number of ether oxygens (including phenoxy) is 1. The van der Waals surface area contributed by atoms with Crippen LogP contribution in [0.25, 0.3) is 5.76 Å². The summed E-state index contributed by atoms with van der Waals surface area (Å²) in [6.45, 7) is 2.78. The third-order valence-electron chi connectivity index (χ3n) is 5.18. The van der Waals surface area contributed by atoms with Crippen molar-refractivity contribution in [2.24, 2.45) is 0 Å². The molecule has 30 heavy (non-hydrogen) atoms. The Morgan fingerprint density at radius 3 is 2.40 bits per heavy atom. The minimum Gasteiger partial charge on any atom is -0.507 e. The summed E-state index contributed by atoms with van der Waals surface area (Å²) in [5.41, 5.74) is 2.05. The first-order chi connectivity index (χ1) is 14.2. The van der Waals surface area contributed by atoms with Crippen LogP contribution in [-0.2, 0) is 9.59 Å². The fraction of sp³-hybridized carbons (Fsp3) is 0.304. The van der Waals surface area contributed by atoms with Gasteiger partial charge in [0.2, 0.25) is 0 Å². The number of aliphatic hydroxyl groups excluding tert-OH is 1. The molecule has 158 valence electrons. The number of nitrogens with zero attached hydrogens (tertiary/aromatic N) is 2. The van der Waals surface area contributed by atoms with Gasteiger partial charge >= 0.3 is 0 Å². The highest BCUT2D eigenvalue weighted by atomic mass is 35.5. The Hall–Kier alpha value is -2.83. The van der Waals surface area contributed by atoms with Gasteiger partial charge in [-0.15, -0.1) is 0 Å². The maximum atomic E-state index is 13.0. The van der Waals surface area contributed by atoms with Crippen molar-refractivity contribution < 1.29 is 19.4 Å². The summed E-state index contributed by atoms with van der Waals surface area (Å²) >= 11 is 6.03. The molecule has 0 aliphatic carbocycles. The summed E-state index contributed by atoms with van der Waals surface area (Å²) < 4.78 is 5.27. The predicted octanol–water partition coefficient (Wildman–Crippen LogP) is 3.64. The first kappa shape index (κ1) is 21.9. The Labute approximate surface area is 181 Å². The normalized spacial score (nSPS) is 18.3. The number of Topliss-reactive ketones (excluding diaryl/α,β-unsaturated/α-hetero) is 1. The van der Waals surface area contributed by atoms with Gasteiger partial charge < -0.3 is 19.6 Å². The zero-order chi connectivity index (χ0) is 22.0. The van der Waals surface area contributed by atoms with Gasteiger partial charge in [-0.05, 0) is 62.5 Å². The number of carbonyl (C=O) groups is 2. The zero-order valence-electron chi connectivity index (χ0n) is 17.5. The van der Waals surface area contributed by atoms with Crippen LogP contribution in [0.5, 0.6) is 5.75 Å². The van der Waals surface area contributed by atoms with E-state index in [0.717, 1.165) is 5.56 Å². The van der Waals surface area contributed by atoms with Crippen molar-refractivity contribution in [3.05, 3.63) is 69.8 Å². The highest BCUT2D eigenvalue weighted by molar-refractivity contribution is 6.46. The van der Waals surface area contributed by atoms with Crippen molar-refractivity contribution >= 4 is 29.1 Å². The molecule has 6 nitrogen and oxygen atoms in total. The number of likely N-dealkylation sites (N-methyl/N-ethyl adjacent to an activating group) is 1. The molecule has 0 bridgehead atoms. The topological polar surface area (TPSA) is 70.1 Å². The van der Waals surface area contributed by atoms with Gasteiger partial charge in [-0.25, -0.2) is 0 Å². The van der Waals surface area contributed by atoms with Gasteiger partial charge in [-0.3, -0.25) is 9.59 Å². The van der Waals surface area contributed by atoms with Crippen molar-refractivity contribution in [3.8, 4) is 5.75 Å². The van der Waals surface area contributed by atoms with E-state index < -0.39 is 17.7 Å². The first-order valence-electron chi connectivity index (χ1n) is 9.58. The average molecular weight is 429 g/mol. The Morgan fingerprint density at radius 2 is 1.83 bits per heavy atom. The Bertz CT molecular complexity index is 999. The van der Waals surface area contributed by atoms with Crippen molar-refractivity contribution in [2.75, 3.05) is 34.3 Å². The lowest BCUT2D eigenvalue weighted by molar-refractivity contribution is -0.140. The highest BCUT2D eigenvalue weighted by Gasteiger charge is 2.45. The lowest BCUT2D eigenvalue weighted by Crippen LogP contribution is -2.35. The number of amides is 1. The van der Waals surface area contributed by atoms with E-state index in [9.17, 15) is 14.7 Å². The number of hydrogen-bond donors (Lipinski definition) is 1. The molecule has 1 saturated heterocycles. The van der Waals surface area contributed by atoms with Crippen LogP contribution in [-0.4, -0.2) is 60.9 Å². The molecule has 0 radical (unpaired) electrons. The summed E-state index contributed by atoms with van der Waals surface area (Å²) in [6.07, 6.45) is 0. The molecule has 0 aromatic heterocycles. The number of halogens is 1. The molecular weight excluding hydrogens is 404 g/mol. The van der Waals surface area contributed by atoms with Crippen LogP contribution in [0.3, 0.4) is 0 Å². The van der Waals surface area contributed by atoms with E-state index in [4.69, 9.17) is 16.3 Å². The Morgan fingerprint density at radius 1 is 1.17 bits per heavy atom. The van der Waals surface area contributed by atoms with Crippen LogP contribution >= 0.6 is 11.6 Å². The van der Waals surface area contributed by atoms with Crippen LogP contribution in [0.2, 0.25) is 5.02 Å². The molecule has 1 fully saturated rings. The molecule has 0 unspecified atom stereocenters. The molecule has 1 aliphatic heterocycles. The number of methoxy groups -OCH3 is 1. The monoisotopic (exact) mass is 428 g/mol. The minimum absolute atomic E-state index is 0.0747. The third-order valence-corrected chi connectivity index (χ3v) is 5.43. The summed E-state index contributed by atoms with van der Waals surface area (Å²) in [5, 5.41) is 11.6. The van der Waals surface area contributed by atoms with Gasteiger partial charge in [0.1, 0.15) is 11.5 Å². The van der Waals surface area contributed by atoms with Crippen LogP contribution in [0.1, 0.15) is 22.7 Å². The lowest BCUT2D eigenvalue weighted by atomic mass is 9.95. The Kier molecular flexibility index (Phi) is 6.48. The van der Waals surface area contributed by atoms with Crippen molar-refractivity contribution in [3.63, 3.8) is 0 Å². The second kappa shape index (κ2) is 8.90. The fourth-order valence-electron chi connectivity index (χ4n) is 3.59. The summed E-state index contributed by atoms with van der Waals surface area (Å²) in [5.74, 6) is -0.845. The molecule has 2 aromatic rings. The minimum atomic E-state index is -0.695. The smallest absolute Gasteiger partial charge is 0.295 e. The van der Waals surface area contributed by atoms with Crippen LogP contribution in [0.4, 0.5) is 0 Å². The molecule has 2 aromatic carbocycles. The van der Waals surface area contributed by atoms with Crippen molar-refractivity contribution in [2.45, 2.75) is 13.0 Å². The number of aryl methyl sites for hydroxylation is 1. The van der Waals surface area contributed by atoms with Gasteiger partial charge in [-0.2, -0.15) is 0 Å². The largest absolute Gasteiger partial charge is 0.507 e. The number of rotatable bonds is 6. The van der Waals surface area contributed by atoms with E-state index in [1.54, 1.807) is 49.6 Å². The van der Waals surface area contributed by atoms with Gasteiger partial charge in [0.05, 0.1) is 18.7 Å². The molecule has 1 heterocycles. The molecule has 1 amide bonds. The quantitative estimate of drug-likeness (QED) is 0.432. The molecule has 1 atom stereocenters. The van der Waals surface area contributed by atoms with Crippen LogP contribution < -0.4 is 4.74 Å². The molecule has 0 spiro atoms. The van der Waals surface area contributed by atoms with Crippen LogP contribution in [0.15, 0.2) is 48.0 Å². The summed E-state index contributed by atoms with van der Waals surface area (Å²) in [7, 11) is 5.36. The van der Waals surface area contributed by atoms with Gasteiger partial charge in [-0.1, -0.05) is 23.7 Å². The molecule has 3 rings (SSSR count). The van der Waals surface area contributed by atoms with E-state index in [0.29, 0.717) is 35.0 Å². The van der Waals surface area contributed by atoms with E-state index in [-0.39, 0.29) is 11.3 Å². The number of benzene rings is 2. The lowest BCUT2D eigenvalue weighted by Gasteiger charge is -2.26. The second-order valence-electron chi connectivity index (χ2n) is 7.53. The van der Waals surface area contributed by atoms with Crippen molar-refractivity contribution in [1.29, 1.82) is 0 Å². The van der Waals surface area contributed by atoms with Gasteiger partial charge in [0.15, 0.2) is 0 Å². The molecule has 1 N–H and O–H groups in total. The molecule has 7 heteroatoms. The maximum Gasteiger partial charge on any atom is 0.295 e. The third kappa shape index (κ3) is 4.20. The van der Waals surface area contributed by atoms with Gasteiger partial charge in [0.25, 0.3) is 11.7 Å². The van der Waals surface area contributed by atoms with E-state index in [1.165, 1.54) is 4.90 Å². The standard InChI is InChI=1S/C23H25ClN2O4/c1-14-13-16(7-10-18(14)30-4)21(27)19-20(15-5-8-17(24)9-6-15)26(12-11-25(2)3)23(29)22(19)28/h5-10,13,20,27H,11-12H2,1-4H3/b21-19+/t20-/m1/s1. The van der Waals surface area contributed by atoms with Crippen molar-refractivity contribution in [1.82, 2.24) is 9.80 Å². The average Bonchev–Trinajstić information content (AvgIpc) is 2.96. The highest BCUT2D eigenvalue weighted by Crippen LogP contribution is 2.40. The predicted molar refractivity (Wildman–Crippen MR) is 117 cm³/mol. The number of carbonyl (C=O) groups excluding carboxylic acids is 2. The number of hydrogen-bond acceptors (Lipinski definition) is 5. The fourth-order valence-corrected chi connectivity index (χ4v) is 3.72. The SMILES string of the molecule is COc1ccc(/C(O)=C2\C(=O)C(=O)N(CCN(C)C)[C@@H]2c2ccc(Cl)cc2)cc1C. The van der Waals surface area contributed by atoms with E-state index in [2.05, 4.69) is 0 Å². The van der Waals surface area contributed by atoms with E-state index in [1.807, 2.05) is 25.9 Å². The molecule has 0 saturated carbocycles. The number of likely N-dealkylation sites (tertiary alicyclic amines) is 1. The first-order valence-corrected chi connectivity index (χ1v) is 9.96. The number of ketones is 1. The molecule has 1 aliphatic rings. The Balaban J connectivity index is 2.14. The molecular formula is C23H25ClN2O4. The van der Waals surface area contributed by atoms with E-state index >= 15 is 0 Å².